The molecule has 44 heavy (non-hydrogen) atoms. The predicted molar refractivity (Wildman–Crippen MR) is 170 cm³/mol. The van der Waals surface area contributed by atoms with Crippen LogP contribution >= 0.6 is 23.5 Å². The van der Waals surface area contributed by atoms with Crippen molar-refractivity contribution in [3.63, 3.8) is 0 Å². The standard InChI is InChI=1S/C33H46ClN3O6S/c34-26-10-4-8-23(17-26)16-24-9-5-11-28(24)43-32(41)37-44-29(18-22-6-2-1-3-7-22)31(40)35-27(21-38)19-25-20-33(36-30(25)39)12-14-42-15-13-33/h4,8,10,17,21-22,24-25,27-29H,1-3,5-7,9,11-16,18-20H2,(H,35,40)(H,36,39)(H,37,41)/t24?,25?,27?,28?,29-/m0/s1. The maximum atomic E-state index is 13.6. The highest BCUT2D eigenvalue weighted by molar-refractivity contribution is 7.99. The Morgan fingerprint density at radius 3 is 2.66 bits per heavy atom. The van der Waals surface area contributed by atoms with E-state index >= 15 is 0 Å². The molecule has 2 aliphatic carbocycles. The maximum absolute atomic E-state index is 13.6. The molecule has 4 unspecified atom stereocenters. The van der Waals surface area contributed by atoms with Crippen LogP contribution in [0.1, 0.15) is 89.0 Å². The molecule has 2 heterocycles. The van der Waals surface area contributed by atoms with E-state index in [-0.39, 0.29) is 41.7 Å². The second-order valence-electron chi connectivity index (χ2n) is 13.2. The first-order chi connectivity index (χ1) is 21.3. The monoisotopic (exact) mass is 647 g/mol. The van der Waals surface area contributed by atoms with Crippen molar-refractivity contribution in [2.24, 2.45) is 17.8 Å². The number of hydrogen-bond donors (Lipinski definition) is 3. The molecule has 0 radical (unpaired) electrons. The van der Waals surface area contributed by atoms with Crippen molar-refractivity contribution in [1.29, 1.82) is 0 Å². The number of carbonyl (C=O) groups is 4. The topological polar surface area (TPSA) is 123 Å². The summed E-state index contributed by atoms with van der Waals surface area (Å²) in [5.74, 6) is -0.104. The summed E-state index contributed by atoms with van der Waals surface area (Å²) < 4.78 is 14.1. The average molecular weight is 648 g/mol. The van der Waals surface area contributed by atoms with E-state index in [9.17, 15) is 19.2 Å². The Bertz CT molecular complexity index is 1160. The number of nitrogens with one attached hydrogen (secondary N) is 3. The van der Waals surface area contributed by atoms with E-state index in [1.165, 1.54) is 6.42 Å². The molecule has 4 aliphatic rings. The van der Waals surface area contributed by atoms with E-state index in [0.29, 0.717) is 37.0 Å². The molecule has 1 aromatic carbocycles. The smallest absolute Gasteiger partial charge is 0.417 e. The van der Waals surface area contributed by atoms with Gasteiger partial charge >= 0.3 is 6.09 Å². The Kier molecular flexibility index (Phi) is 11.9. The summed E-state index contributed by atoms with van der Waals surface area (Å²) in [5, 5.41) is 6.16. The molecular formula is C33H46ClN3O6S. The van der Waals surface area contributed by atoms with E-state index in [1.54, 1.807) is 0 Å². The Hall–Kier alpha value is -2.30. The molecule has 9 nitrogen and oxygen atoms in total. The minimum absolute atomic E-state index is 0.0638. The Morgan fingerprint density at radius 2 is 1.91 bits per heavy atom. The van der Waals surface area contributed by atoms with Crippen LogP contribution in [0.25, 0.3) is 0 Å². The second kappa shape index (κ2) is 15.8. The van der Waals surface area contributed by atoms with Crippen LogP contribution in [-0.2, 0) is 30.3 Å². The highest BCUT2D eigenvalue weighted by Gasteiger charge is 2.45. The summed E-state index contributed by atoms with van der Waals surface area (Å²) in [6, 6.07) is 7.00. The molecule has 11 heteroatoms. The lowest BCUT2D eigenvalue weighted by molar-refractivity contribution is -0.126. The van der Waals surface area contributed by atoms with Gasteiger partial charge in [-0.15, -0.1) is 0 Å². The number of aldehydes is 1. The number of halogens is 1. The predicted octanol–water partition coefficient (Wildman–Crippen LogP) is 5.52. The fourth-order valence-corrected chi connectivity index (χ4v) is 8.61. The van der Waals surface area contributed by atoms with Gasteiger partial charge in [-0.05, 0) is 93.3 Å². The van der Waals surface area contributed by atoms with Gasteiger partial charge in [-0.3, -0.25) is 14.3 Å². The van der Waals surface area contributed by atoms with Gasteiger partial charge in [-0.2, -0.15) is 0 Å². The third-order valence-corrected chi connectivity index (χ3v) is 11.2. The van der Waals surface area contributed by atoms with Crippen molar-refractivity contribution in [1.82, 2.24) is 15.4 Å². The molecule has 2 saturated carbocycles. The summed E-state index contributed by atoms with van der Waals surface area (Å²) in [5.41, 5.74) is 0.854. The molecule has 0 bridgehead atoms. The van der Waals surface area contributed by atoms with Gasteiger partial charge in [0.1, 0.15) is 17.6 Å². The molecular weight excluding hydrogens is 602 g/mol. The van der Waals surface area contributed by atoms with Gasteiger partial charge in [0.25, 0.3) is 0 Å². The molecule has 1 spiro atoms. The quantitative estimate of drug-likeness (QED) is 0.202. The van der Waals surface area contributed by atoms with Crippen LogP contribution in [0.5, 0.6) is 0 Å². The van der Waals surface area contributed by atoms with E-state index in [0.717, 1.165) is 88.0 Å². The Morgan fingerprint density at radius 1 is 1.11 bits per heavy atom. The zero-order chi connectivity index (χ0) is 30.9. The van der Waals surface area contributed by atoms with Gasteiger partial charge in [0.15, 0.2) is 0 Å². The van der Waals surface area contributed by atoms with Crippen molar-refractivity contribution in [2.45, 2.75) is 113 Å². The van der Waals surface area contributed by atoms with E-state index in [2.05, 4.69) is 15.4 Å². The molecule has 5 atom stereocenters. The minimum atomic E-state index is -0.777. The second-order valence-corrected chi connectivity index (χ2v) is 14.6. The molecule has 5 rings (SSSR count). The summed E-state index contributed by atoms with van der Waals surface area (Å²) >= 11 is 7.24. The average Bonchev–Trinajstić information content (AvgIpc) is 3.57. The number of amides is 3. The SMILES string of the molecule is O=CC(CC1CC2(CCOCC2)NC1=O)NC(=O)[C@H](CC1CCCCC1)SNC(=O)OC1CCCC1Cc1cccc(Cl)c1. The molecule has 3 amide bonds. The van der Waals surface area contributed by atoms with Crippen molar-refractivity contribution >= 4 is 47.7 Å². The summed E-state index contributed by atoms with van der Waals surface area (Å²) in [7, 11) is 0. The zero-order valence-electron chi connectivity index (χ0n) is 25.4. The normalized spacial score (nSPS) is 26.5. The number of hydrogen-bond acceptors (Lipinski definition) is 7. The van der Waals surface area contributed by atoms with Gasteiger partial charge in [-0.1, -0.05) is 55.8 Å². The first kappa shape index (κ1) is 33.1. The molecule has 2 saturated heterocycles. The number of ether oxygens (including phenoxy) is 2. The summed E-state index contributed by atoms with van der Waals surface area (Å²) in [4.78, 5) is 51.4. The van der Waals surface area contributed by atoms with Gasteiger partial charge in [-0.25, -0.2) is 4.79 Å². The van der Waals surface area contributed by atoms with Crippen LogP contribution < -0.4 is 15.4 Å². The Labute approximate surface area is 269 Å². The molecule has 0 aromatic heterocycles. The molecule has 3 N–H and O–H groups in total. The minimum Gasteiger partial charge on any atom is -0.445 e. The largest absolute Gasteiger partial charge is 0.445 e. The van der Waals surface area contributed by atoms with Crippen LogP contribution in [0, 0.1) is 17.8 Å². The fourth-order valence-electron chi connectivity index (χ4n) is 7.56. The zero-order valence-corrected chi connectivity index (χ0v) is 27.0. The van der Waals surface area contributed by atoms with Gasteiger partial charge in [0, 0.05) is 35.6 Å². The van der Waals surface area contributed by atoms with Gasteiger partial charge in [0.05, 0.1) is 6.04 Å². The van der Waals surface area contributed by atoms with Crippen molar-refractivity contribution in [2.75, 3.05) is 13.2 Å². The molecule has 2 aliphatic heterocycles. The van der Waals surface area contributed by atoms with Crippen LogP contribution in [0.3, 0.4) is 0 Å². The van der Waals surface area contributed by atoms with E-state index < -0.39 is 17.4 Å². The van der Waals surface area contributed by atoms with Crippen LogP contribution in [0.2, 0.25) is 5.02 Å². The molecule has 1 aromatic rings. The number of rotatable bonds is 12. The number of benzene rings is 1. The van der Waals surface area contributed by atoms with Gasteiger partial charge < -0.3 is 24.9 Å². The summed E-state index contributed by atoms with van der Waals surface area (Å²) in [6.07, 6.45) is 12.1. The first-order valence-electron chi connectivity index (χ1n) is 16.3. The van der Waals surface area contributed by atoms with Crippen molar-refractivity contribution in [3.8, 4) is 0 Å². The highest BCUT2D eigenvalue weighted by Crippen LogP contribution is 2.36. The van der Waals surface area contributed by atoms with E-state index in [4.69, 9.17) is 21.1 Å². The fraction of sp³-hybridized carbons (Fsp3) is 0.697. The number of carbonyl (C=O) groups excluding carboxylic acids is 4. The third kappa shape index (κ3) is 9.13. The lowest BCUT2D eigenvalue weighted by Crippen LogP contribution is -2.46. The Balaban J connectivity index is 1.15. The van der Waals surface area contributed by atoms with Crippen molar-refractivity contribution < 1.29 is 28.7 Å². The van der Waals surface area contributed by atoms with Gasteiger partial charge in [0.2, 0.25) is 11.8 Å². The lowest BCUT2D eigenvalue weighted by Gasteiger charge is -2.33. The van der Waals surface area contributed by atoms with Crippen LogP contribution in [0.4, 0.5) is 4.79 Å². The molecule has 242 valence electrons. The maximum Gasteiger partial charge on any atom is 0.417 e. The van der Waals surface area contributed by atoms with Crippen LogP contribution in [0.15, 0.2) is 24.3 Å². The first-order valence-corrected chi connectivity index (χ1v) is 17.6. The van der Waals surface area contributed by atoms with Crippen molar-refractivity contribution in [3.05, 3.63) is 34.9 Å². The third-order valence-electron chi connectivity index (χ3n) is 9.96. The highest BCUT2D eigenvalue weighted by atomic mass is 35.5. The lowest BCUT2D eigenvalue weighted by atomic mass is 9.84. The molecule has 4 fully saturated rings. The van der Waals surface area contributed by atoms with E-state index in [1.807, 2.05) is 24.3 Å². The summed E-state index contributed by atoms with van der Waals surface area (Å²) in [6.45, 7) is 1.22. The van der Waals surface area contributed by atoms with Crippen LogP contribution in [-0.4, -0.2) is 60.3 Å².